The second kappa shape index (κ2) is 5.08. The first-order chi connectivity index (χ1) is 7.81. The lowest BCUT2D eigenvalue weighted by Crippen LogP contribution is -1.99. The topological polar surface area (TPSA) is 42.1 Å². The zero-order valence-electron chi connectivity index (χ0n) is 8.50. The Hall–Kier alpha value is -1.41. The van der Waals surface area contributed by atoms with Gasteiger partial charge in [0.2, 0.25) is 0 Å². The second-order valence-corrected chi connectivity index (χ2v) is 3.77. The van der Waals surface area contributed by atoms with Gasteiger partial charge in [-0.25, -0.2) is 0 Å². The second-order valence-electron chi connectivity index (χ2n) is 3.41. The molecular formula is C11H11FNO2P. The van der Waals surface area contributed by atoms with Crippen LogP contribution in [-0.4, -0.2) is 11.0 Å². The van der Waals surface area contributed by atoms with Crippen molar-refractivity contribution in [3.63, 3.8) is 0 Å². The molecule has 0 fully saturated rings. The number of H-pyrrole nitrogens is 1. The maximum absolute atomic E-state index is 11.7. The van der Waals surface area contributed by atoms with Gasteiger partial charge >= 0.3 is 5.97 Å². The van der Waals surface area contributed by atoms with Crippen LogP contribution in [0.1, 0.15) is 12.0 Å². The number of para-hydroxylation sites is 1. The van der Waals surface area contributed by atoms with Gasteiger partial charge < -0.3 is 9.51 Å². The number of fused-ring (bicyclic) bond motifs is 1. The van der Waals surface area contributed by atoms with E-state index in [1.807, 2.05) is 30.5 Å². The maximum Gasteiger partial charge on any atom is 0.310 e. The van der Waals surface area contributed by atoms with Gasteiger partial charge in [-0.1, -0.05) is 18.2 Å². The van der Waals surface area contributed by atoms with E-state index < -0.39 is 15.1 Å². The first kappa shape index (κ1) is 11.1. The smallest absolute Gasteiger partial charge is 0.310 e. The fourth-order valence-electron chi connectivity index (χ4n) is 1.67. The summed E-state index contributed by atoms with van der Waals surface area (Å²) in [4.78, 5) is 14.1. The predicted molar refractivity (Wildman–Crippen MR) is 62.1 cm³/mol. The summed E-state index contributed by atoms with van der Waals surface area (Å²) in [5.74, 6) is -0.494. The van der Waals surface area contributed by atoms with E-state index in [1.165, 1.54) is 0 Å². The summed E-state index contributed by atoms with van der Waals surface area (Å²) in [7, 11) is -1.26. The fourth-order valence-corrected chi connectivity index (χ4v) is 1.86. The summed E-state index contributed by atoms with van der Waals surface area (Å²) in [6.45, 7) is 0. The van der Waals surface area contributed by atoms with Gasteiger partial charge in [0, 0.05) is 23.5 Å². The predicted octanol–water partition coefficient (Wildman–Crippen LogP) is 3.12. The molecule has 1 atom stereocenters. The molecule has 0 bridgehead atoms. The largest absolute Gasteiger partial charge is 0.415 e. The number of hydrogen-bond donors (Lipinski definition) is 1. The lowest BCUT2D eigenvalue weighted by atomic mass is 10.1. The first-order valence-electron chi connectivity index (χ1n) is 4.91. The quantitative estimate of drug-likeness (QED) is 0.833. The van der Waals surface area contributed by atoms with Crippen LogP contribution in [-0.2, 0) is 15.7 Å². The van der Waals surface area contributed by atoms with E-state index >= 15 is 0 Å². The van der Waals surface area contributed by atoms with Crippen LogP contribution >= 0.6 is 9.12 Å². The fraction of sp³-hybridized carbons (Fsp3) is 0.182. The molecule has 84 valence electrons. The van der Waals surface area contributed by atoms with Crippen molar-refractivity contribution in [2.24, 2.45) is 0 Å². The van der Waals surface area contributed by atoms with Crippen LogP contribution in [0.4, 0.5) is 4.20 Å². The van der Waals surface area contributed by atoms with Crippen molar-refractivity contribution >= 4 is 26.0 Å². The zero-order valence-corrected chi connectivity index (χ0v) is 9.50. The van der Waals surface area contributed by atoms with Crippen LogP contribution in [0.25, 0.3) is 10.9 Å². The highest BCUT2D eigenvalue weighted by Gasteiger charge is 2.07. The summed E-state index contributed by atoms with van der Waals surface area (Å²) in [5, 5.41) is 1.10. The highest BCUT2D eigenvalue weighted by atomic mass is 31.1. The zero-order chi connectivity index (χ0) is 11.4. The Bertz CT molecular complexity index is 497. The lowest BCUT2D eigenvalue weighted by molar-refractivity contribution is -0.133. The van der Waals surface area contributed by atoms with Crippen molar-refractivity contribution in [1.29, 1.82) is 0 Å². The number of aromatic amines is 1. The molecule has 1 heterocycles. The molecule has 0 amide bonds. The third kappa shape index (κ3) is 2.39. The molecule has 0 saturated carbocycles. The van der Waals surface area contributed by atoms with Crippen molar-refractivity contribution < 1.29 is 13.5 Å². The molecule has 2 rings (SSSR count). The number of aromatic nitrogens is 1. The Morgan fingerprint density at radius 2 is 2.25 bits per heavy atom. The molecule has 0 saturated heterocycles. The average Bonchev–Trinajstić information content (AvgIpc) is 2.70. The monoisotopic (exact) mass is 239 g/mol. The SMILES string of the molecule is O=C(CCc1c[nH]c2ccccc12)OPF. The van der Waals surface area contributed by atoms with Crippen LogP contribution in [0.2, 0.25) is 0 Å². The highest BCUT2D eigenvalue weighted by molar-refractivity contribution is 7.26. The molecule has 1 aromatic heterocycles. The molecular weight excluding hydrogens is 228 g/mol. The minimum absolute atomic E-state index is 0.207. The standard InChI is InChI=1S/C11H11FNO2P/c12-16-15-11(14)6-5-8-7-13-10-4-2-1-3-9(8)10/h1-4,7,13,16H,5-6H2. The average molecular weight is 239 g/mol. The van der Waals surface area contributed by atoms with E-state index in [0.29, 0.717) is 6.42 Å². The highest BCUT2D eigenvalue weighted by Crippen LogP contribution is 2.20. The van der Waals surface area contributed by atoms with Gasteiger partial charge in [0.15, 0.2) is 0 Å². The van der Waals surface area contributed by atoms with E-state index in [9.17, 15) is 8.99 Å². The lowest BCUT2D eigenvalue weighted by Gasteiger charge is -1.99. The van der Waals surface area contributed by atoms with Gasteiger partial charge in [0.1, 0.15) is 0 Å². The molecule has 0 aliphatic carbocycles. The van der Waals surface area contributed by atoms with E-state index in [4.69, 9.17) is 0 Å². The van der Waals surface area contributed by atoms with Gasteiger partial charge in [-0.3, -0.25) is 4.79 Å². The molecule has 3 nitrogen and oxygen atoms in total. The van der Waals surface area contributed by atoms with Crippen molar-refractivity contribution in [3.05, 3.63) is 36.0 Å². The summed E-state index contributed by atoms with van der Waals surface area (Å²) in [6, 6.07) is 7.85. The third-order valence-electron chi connectivity index (χ3n) is 2.43. The van der Waals surface area contributed by atoms with Gasteiger partial charge in [0.25, 0.3) is 9.12 Å². The van der Waals surface area contributed by atoms with Crippen molar-refractivity contribution in [2.45, 2.75) is 12.8 Å². The van der Waals surface area contributed by atoms with Crippen LogP contribution in [0, 0.1) is 0 Å². The van der Waals surface area contributed by atoms with Crippen molar-refractivity contribution in [3.8, 4) is 0 Å². The molecule has 0 aliphatic rings. The van der Waals surface area contributed by atoms with E-state index in [-0.39, 0.29) is 6.42 Å². The van der Waals surface area contributed by atoms with E-state index in [0.717, 1.165) is 16.5 Å². The number of nitrogens with one attached hydrogen (secondary N) is 1. The summed E-state index contributed by atoms with van der Waals surface area (Å²) in [6.07, 6.45) is 2.64. The van der Waals surface area contributed by atoms with Crippen LogP contribution in [0.5, 0.6) is 0 Å². The van der Waals surface area contributed by atoms with E-state index in [2.05, 4.69) is 9.51 Å². The Morgan fingerprint density at radius 3 is 3.06 bits per heavy atom. The molecule has 1 unspecified atom stereocenters. The number of carbonyl (C=O) groups excluding carboxylic acids is 1. The third-order valence-corrected chi connectivity index (χ3v) is 2.73. The Kier molecular flexibility index (Phi) is 3.52. The number of halogens is 1. The van der Waals surface area contributed by atoms with E-state index in [1.54, 1.807) is 0 Å². The van der Waals surface area contributed by atoms with Crippen LogP contribution < -0.4 is 0 Å². The molecule has 2 aromatic rings. The molecule has 1 aromatic carbocycles. The summed E-state index contributed by atoms with van der Waals surface area (Å²) in [5.41, 5.74) is 2.09. The first-order valence-corrected chi connectivity index (χ1v) is 5.70. The molecule has 16 heavy (non-hydrogen) atoms. The Morgan fingerprint density at radius 1 is 1.44 bits per heavy atom. The number of rotatable bonds is 4. The molecule has 1 N–H and O–H groups in total. The molecule has 5 heteroatoms. The Labute approximate surface area is 94.0 Å². The maximum atomic E-state index is 11.7. The minimum Gasteiger partial charge on any atom is -0.415 e. The van der Waals surface area contributed by atoms with Gasteiger partial charge in [-0.15, -0.1) is 0 Å². The number of carbonyl (C=O) groups is 1. The van der Waals surface area contributed by atoms with Gasteiger partial charge in [-0.2, -0.15) is 4.20 Å². The van der Waals surface area contributed by atoms with Gasteiger partial charge in [-0.05, 0) is 18.1 Å². The number of benzene rings is 1. The molecule has 0 radical (unpaired) electrons. The van der Waals surface area contributed by atoms with Crippen LogP contribution in [0.15, 0.2) is 30.5 Å². The van der Waals surface area contributed by atoms with Crippen molar-refractivity contribution in [1.82, 2.24) is 4.98 Å². The Balaban J connectivity index is 2.07. The minimum atomic E-state index is -1.26. The summed E-state index contributed by atoms with van der Waals surface area (Å²) >= 11 is 0. The normalized spacial score (nSPS) is 11.3. The van der Waals surface area contributed by atoms with Crippen LogP contribution in [0.3, 0.4) is 0 Å². The number of hydrogen-bond acceptors (Lipinski definition) is 2. The summed E-state index contributed by atoms with van der Waals surface area (Å²) < 4.78 is 16.0. The van der Waals surface area contributed by atoms with Crippen molar-refractivity contribution in [2.75, 3.05) is 0 Å². The molecule has 0 spiro atoms. The van der Waals surface area contributed by atoms with Gasteiger partial charge in [0.05, 0.1) is 0 Å². The molecule has 0 aliphatic heterocycles. The number of aryl methyl sites for hydroxylation is 1.